The van der Waals surface area contributed by atoms with Crippen molar-refractivity contribution in [3.05, 3.63) is 36.7 Å². The maximum absolute atomic E-state index is 13.3. The summed E-state index contributed by atoms with van der Waals surface area (Å²) in [7, 11) is -3.93. The molecular formula is C21H27N5O5S2. The van der Waals surface area contributed by atoms with Crippen molar-refractivity contribution in [1.82, 2.24) is 19.6 Å². The summed E-state index contributed by atoms with van der Waals surface area (Å²) in [4.78, 5) is 25.6. The Morgan fingerprint density at radius 1 is 1.12 bits per heavy atom. The minimum atomic E-state index is -3.93. The number of sulfonamides is 1. The molecule has 1 unspecified atom stereocenters. The highest BCUT2D eigenvalue weighted by Crippen LogP contribution is 2.32. The molecule has 1 atom stereocenters. The third-order valence-electron chi connectivity index (χ3n) is 5.46. The zero-order valence-corrected chi connectivity index (χ0v) is 20.0. The fourth-order valence-corrected chi connectivity index (χ4v) is 5.43. The fraction of sp³-hybridized carbons (Fsp3) is 0.476. The van der Waals surface area contributed by atoms with Crippen LogP contribution >= 0.6 is 11.8 Å². The maximum Gasteiger partial charge on any atom is 0.241 e. The van der Waals surface area contributed by atoms with E-state index in [9.17, 15) is 13.2 Å². The van der Waals surface area contributed by atoms with E-state index < -0.39 is 16.1 Å². The first-order valence-corrected chi connectivity index (χ1v) is 13.6. The summed E-state index contributed by atoms with van der Waals surface area (Å²) in [6.07, 6.45) is 5.69. The van der Waals surface area contributed by atoms with Crippen LogP contribution in [0.3, 0.4) is 0 Å². The third-order valence-corrected chi connectivity index (χ3v) is 7.57. The van der Waals surface area contributed by atoms with Crippen LogP contribution in [0.1, 0.15) is 6.42 Å². The number of piperazine rings is 1. The highest BCUT2D eigenvalue weighted by atomic mass is 32.2. The maximum atomic E-state index is 13.3. The summed E-state index contributed by atoms with van der Waals surface area (Å²) in [5.74, 6) is 1.95. The van der Waals surface area contributed by atoms with Gasteiger partial charge in [0.2, 0.25) is 21.9 Å². The van der Waals surface area contributed by atoms with Crippen molar-refractivity contribution in [2.45, 2.75) is 17.4 Å². The first-order chi connectivity index (χ1) is 16.0. The van der Waals surface area contributed by atoms with Crippen molar-refractivity contribution in [2.75, 3.05) is 56.3 Å². The van der Waals surface area contributed by atoms with Gasteiger partial charge in [-0.2, -0.15) is 16.5 Å². The summed E-state index contributed by atoms with van der Waals surface area (Å²) in [6.45, 7) is 2.89. The van der Waals surface area contributed by atoms with Gasteiger partial charge >= 0.3 is 0 Å². The summed E-state index contributed by atoms with van der Waals surface area (Å²) < 4.78 is 39.8. The standard InChI is InChI=1S/C21H27N5O5S2/c1-32-14-5-17(20(27)25-8-10-26(11-9-25)21-22-6-2-7-23-21)24-33(28,29)16-3-4-18-19(15-16)31-13-12-30-18/h2-4,6-7,15,17,24H,5,8-14H2,1H3. The number of carbonyl (C=O) groups is 1. The number of nitrogens with one attached hydrogen (secondary N) is 1. The van der Waals surface area contributed by atoms with Gasteiger partial charge in [-0.05, 0) is 36.6 Å². The molecule has 0 spiro atoms. The molecule has 2 aromatic rings. The van der Waals surface area contributed by atoms with Crippen LogP contribution in [0.25, 0.3) is 0 Å². The predicted molar refractivity (Wildman–Crippen MR) is 125 cm³/mol. The topological polar surface area (TPSA) is 114 Å². The van der Waals surface area contributed by atoms with Gasteiger partial charge in [0.25, 0.3) is 0 Å². The van der Waals surface area contributed by atoms with Gasteiger partial charge in [-0.15, -0.1) is 0 Å². The van der Waals surface area contributed by atoms with Crippen LogP contribution in [0.5, 0.6) is 11.5 Å². The number of nitrogens with zero attached hydrogens (tertiary/aromatic N) is 4. The van der Waals surface area contributed by atoms with Crippen LogP contribution in [0.2, 0.25) is 0 Å². The normalized spacial score (nSPS) is 17.0. The lowest BCUT2D eigenvalue weighted by atomic mass is 10.2. The quantitative estimate of drug-likeness (QED) is 0.575. The lowest BCUT2D eigenvalue weighted by Crippen LogP contribution is -2.55. The predicted octanol–water partition coefficient (Wildman–Crippen LogP) is 0.997. The summed E-state index contributed by atoms with van der Waals surface area (Å²) >= 11 is 1.57. The van der Waals surface area contributed by atoms with Crippen LogP contribution in [0.4, 0.5) is 5.95 Å². The Morgan fingerprint density at radius 2 is 1.82 bits per heavy atom. The Balaban J connectivity index is 1.44. The van der Waals surface area contributed by atoms with E-state index in [1.54, 1.807) is 41.2 Å². The van der Waals surface area contributed by atoms with E-state index in [-0.39, 0.29) is 10.8 Å². The van der Waals surface area contributed by atoms with Crippen LogP contribution in [-0.4, -0.2) is 86.6 Å². The Morgan fingerprint density at radius 3 is 2.52 bits per heavy atom. The molecule has 33 heavy (non-hydrogen) atoms. The molecule has 1 aromatic heterocycles. The number of fused-ring (bicyclic) bond motifs is 1. The van der Waals surface area contributed by atoms with E-state index in [0.717, 1.165) is 0 Å². The molecule has 0 radical (unpaired) electrons. The Kier molecular flexibility index (Phi) is 7.56. The summed E-state index contributed by atoms with van der Waals surface area (Å²) in [6, 6.07) is 5.38. The Hall–Kier alpha value is -2.57. The minimum Gasteiger partial charge on any atom is -0.486 e. The Labute approximate surface area is 197 Å². The molecule has 1 aromatic carbocycles. The molecular weight excluding hydrogens is 466 g/mol. The van der Waals surface area contributed by atoms with E-state index in [2.05, 4.69) is 14.7 Å². The third kappa shape index (κ3) is 5.68. The second-order valence-electron chi connectivity index (χ2n) is 7.62. The van der Waals surface area contributed by atoms with Crippen molar-refractivity contribution in [2.24, 2.45) is 0 Å². The fourth-order valence-electron chi connectivity index (χ4n) is 3.72. The van der Waals surface area contributed by atoms with E-state index in [1.807, 2.05) is 11.2 Å². The zero-order chi connectivity index (χ0) is 23.3. The van der Waals surface area contributed by atoms with E-state index >= 15 is 0 Å². The molecule has 4 rings (SSSR count). The number of ether oxygens (including phenoxy) is 2. The summed E-state index contributed by atoms with van der Waals surface area (Å²) in [5, 5.41) is 0. The van der Waals surface area contributed by atoms with Gasteiger partial charge in [0.05, 0.1) is 4.90 Å². The van der Waals surface area contributed by atoms with Crippen LogP contribution < -0.4 is 19.1 Å². The highest BCUT2D eigenvalue weighted by molar-refractivity contribution is 7.98. The number of rotatable bonds is 8. The number of hydrogen-bond donors (Lipinski definition) is 1. The Bertz CT molecular complexity index is 1060. The van der Waals surface area contributed by atoms with E-state index in [0.29, 0.717) is 69.0 Å². The van der Waals surface area contributed by atoms with Gasteiger partial charge in [-0.25, -0.2) is 18.4 Å². The number of carbonyl (C=O) groups excluding carboxylic acids is 1. The van der Waals surface area contributed by atoms with Crippen molar-refractivity contribution in [3.63, 3.8) is 0 Å². The zero-order valence-electron chi connectivity index (χ0n) is 18.3. The molecule has 1 amide bonds. The number of hydrogen-bond acceptors (Lipinski definition) is 9. The van der Waals surface area contributed by atoms with Crippen molar-refractivity contribution >= 4 is 33.6 Å². The van der Waals surface area contributed by atoms with Crippen LogP contribution in [0, 0.1) is 0 Å². The number of aromatic nitrogens is 2. The average Bonchev–Trinajstić information content (AvgIpc) is 2.86. The van der Waals surface area contributed by atoms with Gasteiger partial charge in [0.15, 0.2) is 11.5 Å². The lowest BCUT2D eigenvalue weighted by molar-refractivity contribution is -0.133. The molecule has 2 aliphatic heterocycles. The van der Waals surface area contributed by atoms with Gasteiger partial charge < -0.3 is 19.3 Å². The summed E-state index contributed by atoms with van der Waals surface area (Å²) in [5.41, 5.74) is 0. The van der Waals surface area contributed by atoms with Crippen LogP contribution in [0.15, 0.2) is 41.6 Å². The van der Waals surface area contributed by atoms with E-state index in [4.69, 9.17) is 9.47 Å². The molecule has 2 aliphatic rings. The molecule has 1 N–H and O–H groups in total. The van der Waals surface area contributed by atoms with E-state index in [1.165, 1.54) is 12.1 Å². The molecule has 12 heteroatoms. The first-order valence-electron chi connectivity index (χ1n) is 10.7. The number of amides is 1. The minimum absolute atomic E-state index is 0.0414. The first kappa shape index (κ1) is 23.6. The molecule has 10 nitrogen and oxygen atoms in total. The van der Waals surface area contributed by atoms with Gasteiger partial charge in [-0.3, -0.25) is 4.79 Å². The van der Waals surface area contributed by atoms with Crippen LogP contribution in [-0.2, 0) is 14.8 Å². The van der Waals surface area contributed by atoms with Crippen molar-refractivity contribution < 1.29 is 22.7 Å². The monoisotopic (exact) mass is 493 g/mol. The highest BCUT2D eigenvalue weighted by Gasteiger charge is 2.32. The molecule has 1 fully saturated rings. The average molecular weight is 494 g/mol. The lowest BCUT2D eigenvalue weighted by Gasteiger charge is -2.36. The molecule has 0 bridgehead atoms. The smallest absolute Gasteiger partial charge is 0.241 e. The van der Waals surface area contributed by atoms with Crippen molar-refractivity contribution in [3.8, 4) is 11.5 Å². The number of thioether (sulfide) groups is 1. The van der Waals surface area contributed by atoms with Gasteiger partial charge in [0.1, 0.15) is 19.3 Å². The molecule has 178 valence electrons. The largest absolute Gasteiger partial charge is 0.486 e. The molecule has 0 saturated carbocycles. The second kappa shape index (κ2) is 10.6. The molecule has 1 saturated heterocycles. The SMILES string of the molecule is CSCCC(NS(=O)(=O)c1ccc2c(c1)OCCO2)C(=O)N1CCN(c2ncccn2)CC1. The molecule has 0 aliphatic carbocycles. The molecule has 3 heterocycles. The van der Waals surface area contributed by atoms with Crippen molar-refractivity contribution in [1.29, 1.82) is 0 Å². The van der Waals surface area contributed by atoms with Gasteiger partial charge in [-0.1, -0.05) is 0 Å². The van der Waals surface area contributed by atoms with Gasteiger partial charge in [0, 0.05) is 44.6 Å². The number of anilines is 1. The second-order valence-corrected chi connectivity index (χ2v) is 10.3. The number of benzene rings is 1.